The fraction of sp³-hybridized carbons (Fsp3) is 0.0400. The van der Waals surface area contributed by atoms with E-state index in [2.05, 4.69) is 5.32 Å². The maximum absolute atomic E-state index is 13.2. The number of urea groups is 1. The van der Waals surface area contributed by atoms with Gasteiger partial charge in [-0.25, -0.2) is 18.9 Å². The molecule has 0 aromatic heterocycles. The Balaban J connectivity index is 1.53. The number of nitrogens with one attached hydrogen (secondary N) is 1. The molecule has 170 valence electrons. The Morgan fingerprint density at radius 2 is 1.71 bits per heavy atom. The average molecular weight is 460 g/mol. The summed E-state index contributed by atoms with van der Waals surface area (Å²) < 4.78 is 19.0. The van der Waals surface area contributed by atoms with Crippen LogP contribution in [0, 0.1) is 5.82 Å². The van der Waals surface area contributed by atoms with E-state index in [-0.39, 0.29) is 23.4 Å². The van der Waals surface area contributed by atoms with E-state index in [1.54, 1.807) is 36.4 Å². The molecule has 34 heavy (non-hydrogen) atoms. The van der Waals surface area contributed by atoms with E-state index in [4.69, 9.17) is 9.84 Å². The molecule has 0 spiro atoms. The summed E-state index contributed by atoms with van der Waals surface area (Å²) in [6.07, 6.45) is 1.33. The number of nitrogens with zero attached hydrogens (tertiary/aromatic N) is 1. The quantitative estimate of drug-likeness (QED) is 0.428. The number of carbonyl (C=O) groups is 4. The number of hydrogen-bond acceptors (Lipinski definition) is 5. The van der Waals surface area contributed by atoms with Crippen molar-refractivity contribution in [3.05, 3.63) is 101 Å². The number of ether oxygens (including phenoxy) is 1. The van der Waals surface area contributed by atoms with Gasteiger partial charge in [0.25, 0.3) is 11.8 Å². The summed E-state index contributed by atoms with van der Waals surface area (Å²) in [6, 6.07) is 16.7. The number of carboxylic acids is 1. The maximum Gasteiger partial charge on any atom is 0.335 e. The summed E-state index contributed by atoms with van der Waals surface area (Å²) >= 11 is 0. The SMILES string of the molecule is O=C1NC(=O)N(c2ccc(F)cc2)C(=O)/C1=C\c1cccc(OCc2ccc(C(=O)O)cc2)c1. The van der Waals surface area contributed by atoms with Gasteiger partial charge in [0.2, 0.25) is 0 Å². The van der Waals surface area contributed by atoms with Crippen LogP contribution in [0.4, 0.5) is 14.9 Å². The molecule has 0 saturated carbocycles. The zero-order valence-corrected chi connectivity index (χ0v) is 17.5. The molecule has 0 bridgehead atoms. The number of benzene rings is 3. The first-order valence-corrected chi connectivity index (χ1v) is 10.0. The smallest absolute Gasteiger partial charge is 0.335 e. The highest BCUT2D eigenvalue weighted by atomic mass is 19.1. The Labute approximate surface area is 192 Å². The highest BCUT2D eigenvalue weighted by Crippen LogP contribution is 2.23. The molecule has 1 saturated heterocycles. The van der Waals surface area contributed by atoms with E-state index < -0.39 is 29.6 Å². The summed E-state index contributed by atoms with van der Waals surface area (Å²) in [5.41, 5.74) is 1.24. The van der Waals surface area contributed by atoms with Crippen molar-refractivity contribution in [2.75, 3.05) is 4.90 Å². The molecule has 0 unspecified atom stereocenters. The van der Waals surface area contributed by atoms with E-state index >= 15 is 0 Å². The van der Waals surface area contributed by atoms with Gasteiger partial charge in [0, 0.05) is 0 Å². The third-order valence-electron chi connectivity index (χ3n) is 4.96. The van der Waals surface area contributed by atoms with Gasteiger partial charge in [-0.2, -0.15) is 0 Å². The van der Waals surface area contributed by atoms with Gasteiger partial charge in [0.15, 0.2) is 0 Å². The van der Waals surface area contributed by atoms with E-state index in [1.165, 1.54) is 30.3 Å². The molecule has 1 fully saturated rings. The van der Waals surface area contributed by atoms with Gasteiger partial charge in [0.1, 0.15) is 23.7 Å². The van der Waals surface area contributed by atoms with Crippen LogP contribution in [0.5, 0.6) is 5.75 Å². The second-order valence-electron chi connectivity index (χ2n) is 7.30. The molecule has 1 heterocycles. The molecule has 1 aliphatic heterocycles. The van der Waals surface area contributed by atoms with Crippen molar-refractivity contribution in [2.24, 2.45) is 0 Å². The van der Waals surface area contributed by atoms with Crippen LogP contribution in [0.3, 0.4) is 0 Å². The van der Waals surface area contributed by atoms with Crippen LogP contribution in [0.2, 0.25) is 0 Å². The molecular formula is C25H17FN2O6. The van der Waals surface area contributed by atoms with Crippen molar-refractivity contribution in [1.29, 1.82) is 0 Å². The first-order valence-electron chi connectivity index (χ1n) is 10.0. The first-order chi connectivity index (χ1) is 16.3. The molecule has 0 radical (unpaired) electrons. The van der Waals surface area contributed by atoms with Gasteiger partial charge < -0.3 is 9.84 Å². The normalized spacial score (nSPS) is 14.8. The standard InChI is InChI=1S/C25H17FN2O6/c26-18-8-10-19(11-9-18)28-23(30)21(22(29)27-25(28)33)13-16-2-1-3-20(12-16)34-14-15-4-6-17(7-5-15)24(31)32/h1-13H,14H2,(H,31,32)(H,27,29,33)/b21-13-. The van der Waals surface area contributed by atoms with Gasteiger partial charge in [0.05, 0.1) is 11.3 Å². The minimum absolute atomic E-state index is 0.119. The lowest BCUT2D eigenvalue weighted by Gasteiger charge is -2.26. The van der Waals surface area contributed by atoms with E-state index in [0.717, 1.165) is 22.6 Å². The van der Waals surface area contributed by atoms with Gasteiger partial charge in [-0.1, -0.05) is 24.3 Å². The molecule has 2 N–H and O–H groups in total. The highest BCUT2D eigenvalue weighted by molar-refractivity contribution is 6.39. The molecule has 4 amide bonds. The second kappa shape index (κ2) is 9.37. The number of anilines is 1. The molecule has 4 rings (SSSR count). The second-order valence-corrected chi connectivity index (χ2v) is 7.30. The molecule has 3 aromatic carbocycles. The van der Waals surface area contributed by atoms with Crippen LogP contribution in [-0.2, 0) is 16.2 Å². The van der Waals surface area contributed by atoms with Crippen molar-refractivity contribution in [3.63, 3.8) is 0 Å². The van der Waals surface area contributed by atoms with Crippen LogP contribution in [0.1, 0.15) is 21.5 Å². The summed E-state index contributed by atoms with van der Waals surface area (Å²) in [7, 11) is 0. The molecular weight excluding hydrogens is 443 g/mol. The number of hydrogen-bond donors (Lipinski definition) is 2. The fourth-order valence-electron chi connectivity index (χ4n) is 3.25. The topological polar surface area (TPSA) is 113 Å². The molecule has 8 nitrogen and oxygen atoms in total. The minimum Gasteiger partial charge on any atom is -0.489 e. The third-order valence-corrected chi connectivity index (χ3v) is 4.96. The zero-order chi connectivity index (χ0) is 24.2. The van der Waals surface area contributed by atoms with E-state index in [1.807, 2.05) is 0 Å². The summed E-state index contributed by atoms with van der Waals surface area (Å²) in [4.78, 5) is 49.2. The Hall–Kier alpha value is -4.79. The zero-order valence-electron chi connectivity index (χ0n) is 17.5. The monoisotopic (exact) mass is 460 g/mol. The molecule has 0 atom stereocenters. The van der Waals surface area contributed by atoms with Gasteiger partial charge in [-0.3, -0.25) is 14.9 Å². The van der Waals surface area contributed by atoms with Crippen molar-refractivity contribution in [1.82, 2.24) is 5.32 Å². The Bertz CT molecular complexity index is 1320. The van der Waals surface area contributed by atoms with Crippen molar-refractivity contribution >= 4 is 35.6 Å². The number of barbiturate groups is 1. The largest absolute Gasteiger partial charge is 0.489 e. The van der Waals surface area contributed by atoms with E-state index in [0.29, 0.717) is 11.3 Å². The Morgan fingerprint density at radius 1 is 1.00 bits per heavy atom. The Morgan fingerprint density at radius 3 is 2.38 bits per heavy atom. The lowest BCUT2D eigenvalue weighted by Crippen LogP contribution is -2.54. The summed E-state index contributed by atoms with van der Waals surface area (Å²) in [5.74, 6) is -2.79. The predicted molar refractivity (Wildman–Crippen MR) is 120 cm³/mol. The van der Waals surface area contributed by atoms with Gasteiger partial charge in [-0.15, -0.1) is 0 Å². The lowest BCUT2D eigenvalue weighted by atomic mass is 10.1. The fourth-order valence-corrected chi connectivity index (χ4v) is 3.25. The first kappa shape index (κ1) is 22.4. The van der Waals surface area contributed by atoms with Gasteiger partial charge >= 0.3 is 12.0 Å². The minimum atomic E-state index is -1.02. The number of carbonyl (C=O) groups excluding carboxylic acids is 3. The lowest BCUT2D eigenvalue weighted by molar-refractivity contribution is -0.122. The van der Waals surface area contributed by atoms with Crippen LogP contribution >= 0.6 is 0 Å². The van der Waals surface area contributed by atoms with E-state index in [9.17, 15) is 23.6 Å². The van der Waals surface area contributed by atoms with Crippen LogP contribution in [0.15, 0.2) is 78.4 Å². The Kier molecular flexibility index (Phi) is 6.18. The maximum atomic E-state index is 13.2. The number of carboxylic acid groups (broad SMARTS) is 1. The van der Waals surface area contributed by atoms with Crippen molar-refractivity contribution in [3.8, 4) is 5.75 Å². The summed E-state index contributed by atoms with van der Waals surface area (Å²) in [5, 5.41) is 11.1. The number of rotatable bonds is 6. The number of halogens is 1. The van der Waals surface area contributed by atoms with Gasteiger partial charge in [-0.05, 0) is 65.7 Å². The van der Waals surface area contributed by atoms with Crippen molar-refractivity contribution < 1.29 is 33.4 Å². The van der Waals surface area contributed by atoms with Crippen LogP contribution < -0.4 is 15.0 Å². The number of amides is 4. The molecule has 3 aromatic rings. The van der Waals surface area contributed by atoms with Crippen molar-refractivity contribution in [2.45, 2.75) is 6.61 Å². The predicted octanol–water partition coefficient (Wildman–Crippen LogP) is 3.77. The number of imide groups is 2. The molecule has 0 aliphatic carbocycles. The number of aromatic carboxylic acids is 1. The molecule has 9 heteroatoms. The highest BCUT2D eigenvalue weighted by Gasteiger charge is 2.36. The summed E-state index contributed by atoms with van der Waals surface area (Å²) in [6.45, 7) is 0.173. The molecule has 1 aliphatic rings. The van der Waals surface area contributed by atoms with Crippen LogP contribution in [-0.4, -0.2) is 28.9 Å². The van der Waals surface area contributed by atoms with Crippen LogP contribution in [0.25, 0.3) is 6.08 Å². The average Bonchev–Trinajstić information content (AvgIpc) is 2.82. The third kappa shape index (κ3) is 4.83.